The summed E-state index contributed by atoms with van der Waals surface area (Å²) in [7, 11) is 0. The molecule has 0 radical (unpaired) electrons. The van der Waals surface area contributed by atoms with Gasteiger partial charge in [-0.25, -0.2) is 0 Å². The van der Waals surface area contributed by atoms with Crippen molar-refractivity contribution in [3.63, 3.8) is 0 Å². The monoisotopic (exact) mass is 334 g/mol. The molecule has 0 aromatic carbocycles. The molecule has 0 aliphatic carbocycles. The van der Waals surface area contributed by atoms with E-state index in [1.165, 1.54) is 0 Å². The highest BCUT2D eigenvalue weighted by atomic mass is 15.1. The summed E-state index contributed by atoms with van der Waals surface area (Å²) in [6, 6.07) is 10.3. The largest absolute Gasteiger partial charge is 0.279 e. The Morgan fingerprint density at radius 2 is 1.68 bits per heavy atom. The second-order valence-electron chi connectivity index (χ2n) is 7.94. The summed E-state index contributed by atoms with van der Waals surface area (Å²) >= 11 is 0. The smallest absolute Gasteiger partial charge is 0.111 e. The molecule has 130 valence electrons. The van der Waals surface area contributed by atoms with Crippen LogP contribution in [0.15, 0.2) is 47.5 Å². The molecule has 1 unspecified atom stereocenters. The lowest BCUT2D eigenvalue weighted by molar-refractivity contribution is 0.323. The van der Waals surface area contributed by atoms with E-state index in [4.69, 9.17) is 4.99 Å². The van der Waals surface area contributed by atoms with Gasteiger partial charge in [-0.1, -0.05) is 46.8 Å². The van der Waals surface area contributed by atoms with Crippen LogP contribution in [-0.4, -0.2) is 26.9 Å². The third kappa shape index (κ3) is 4.01. The van der Waals surface area contributed by atoms with Crippen molar-refractivity contribution in [2.75, 3.05) is 0 Å². The van der Waals surface area contributed by atoms with Crippen LogP contribution in [0, 0.1) is 5.41 Å². The lowest BCUT2D eigenvalue weighted by atomic mass is 9.84. The lowest BCUT2D eigenvalue weighted by Crippen LogP contribution is -2.27. The van der Waals surface area contributed by atoms with Crippen LogP contribution in [0.5, 0.6) is 0 Å². The first-order chi connectivity index (χ1) is 11.8. The van der Waals surface area contributed by atoms with Crippen LogP contribution in [0.2, 0.25) is 0 Å². The second kappa shape index (κ2) is 6.87. The van der Waals surface area contributed by atoms with Crippen LogP contribution in [-0.2, 0) is 0 Å². The molecule has 2 aromatic rings. The van der Waals surface area contributed by atoms with Gasteiger partial charge in [0.25, 0.3) is 0 Å². The number of allylic oxidation sites excluding steroid dienone is 1. The van der Waals surface area contributed by atoms with E-state index < -0.39 is 0 Å². The Hall–Kier alpha value is -2.36. The van der Waals surface area contributed by atoms with E-state index in [1.54, 1.807) is 0 Å². The summed E-state index contributed by atoms with van der Waals surface area (Å²) < 4.78 is 0. The van der Waals surface area contributed by atoms with Gasteiger partial charge in [-0.3, -0.25) is 9.98 Å². The first-order valence-corrected chi connectivity index (χ1v) is 8.90. The van der Waals surface area contributed by atoms with Crippen molar-refractivity contribution < 1.29 is 0 Å². The van der Waals surface area contributed by atoms with Crippen molar-refractivity contribution in [3.8, 4) is 11.4 Å². The zero-order valence-electron chi connectivity index (χ0n) is 15.7. The zero-order chi connectivity index (χ0) is 18.0. The highest BCUT2D eigenvalue weighted by Gasteiger charge is 2.25. The predicted octanol–water partition coefficient (Wildman–Crippen LogP) is 4.83. The van der Waals surface area contributed by atoms with Gasteiger partial charge in [0.15, 0.2) is 0 Å². The number of hydrogen-bond acceptors (Lipinski definition) is 4. The molecule has 0 saturated carbocycles. The number of pyridine rings is 1. The number of rotatable bonds is 3. The SMILES string of the molecule is CC(C)c1cccc(-c2ccc(C3=NC(C(C)(C)C)CC=C3)nn2)n1. The topological polar surface area (TPSA) is 51.0 Å². The molecule has 1 atom stereocenters. The molecule has 1 aliphatic rings. The van der Waals surface area contributed by atoms with Gasteiger partial charge < -0.3 is 0 Å². The summed E-state index contributed by atoms with van der Waals surface area (Å²) in [4.78, 5) is 9.56. The molecular weight excluding hydrogens is 308 g/mol. The minimum Gasteiger partial charge on any atom is -0.279 e. The van der Waals surface area contributed by atoms with E-state index in [-0.39, 0.29) is 11.5 Å². The second-order valence-corrected chi connectivity index (χ2v) is 7.94. The molecule has 0 spiro atoms. The van der Waals surface area contributed by atoms with Gasteiger partial charge >= 0.3 is 0 Å². The molecule has 0 amide bonds. The van der Waals surface area contributed by atoms with Crippen LogP contribution in [0.3, 0.4) is 0 Å². The van der Waals surface area contributed by atoms with E-state index in [2.05, 4.69) is 55.9 Å². The van der Waals surface area contributed by atoms with E-state index >= 15 is 0 Å². The predicted molar refractivity (Wildman–Crippen MR) is 103 cm³/mol. The number of aromatic nitrogens is 3. The van der Waals surface area contributed by atoms with Crippen molar-refractivity contribution >= 4 is 5.71 Å². The van der Waals surface area contributed by atoms with Crippen molar-refractivity contribution in [2.45, 2.75) is 53.0 Å². The summed E-state index contributed by atoms with van der Waals surface area (Å²) in [6.45, 7) is 10.9. The number of nitrogens with zero attached hydrogens (tertiary/aromatic N) is 4. The quantitative estimate of drug-likeness (QED) is 0.808. The van der Waals surface area contributed by atoms with Crippen LogP contribution in [0.1, 0.15) is 58.3 Å². The van der Waals surface area contributed by atoms with Gasteiger partial charge in [0, 0.05) is 5.69 Å². The standard InChI is InChI=1S/C21H26N4/c1-14(2)15-8-6-9-16(22-15)18-12-13-19(25-24-18)17-10-7-11-20(23-17)21(3,4)5/h6-10,12-14,20H,11H2,1-5H3. The van der Waals surface area contributed by atoms with E-state index in [0.717, 1.165) is 34.9 Å². The molecule has 4 nitrogen and oxygen atoms in total. The normalized spacial score (nSPS) is 17.7. The number of dihydropyridines is 1. The number of aliphatic imine (C=N–C) groups is 1. The Morgan fingerprint density at radius 3 is 2.32 bits per heavy atom. The van der Waals surface area contributed by atoms with Crippen LogP contribution >= 0.6 is 0 Å². The highest BCUT2D eigenvalue weighted by molar-refractivity contribution is 6.07. The first kappa shape index (κ1) is 17.5. The third-order valence-corrected chi connectivity index (χ3v) is 4.48. The molecule has 0 fully saturated rings. The Balaban J connectivity index is 1.87. The Bertz CT molecular complexity index is 795. The van der Waals surface area contributed by atoms with Gasteiger partial charge in [0.2, 0.25) is 0 Å². The van der Waals surface area contributed by atoms with Gasteiger partial charge in [-0.2, -0.15) is 0 Å². The van der Waals surface area contributed by atoms with Crippen molar-refractivity contribution in [1.82, 2.24) is 15.2 Å². The molecule has 4 heteroatoms. The maximum absolute atomic E-state index is 4.87. The molecule has 1 aliphatic heterocycles. The molecule has 0 saturated heterocycles. The molecule has 25 heavy (non-hydrogen) atoms. The molecule has 3 rings (SSSR count). The molecular formula is C21H26N4. The molecule has 2 aromatic heterocycles. The Morgan fingerprint density at radius 1 is 0.960 bits per heavy atom. The lowest BCUT2D eigenvalue weighted by Gasteiger charge is -2.28. The fourth-order valence-corrected chi connectivity index (χ4v) is 2.79. The third-order valence-electron chi connectivity index (χ3n) is 4.48. The summed E-state index contributed by atoms with van der Waals surface area (Å²) in [5.74, 6) is 0.392. The van der Waals surface area contributed by atoms with Crippen LogP contribution < -0.4 is 0 Å². The minimum absolute atomic E-state index is 0.143. The van der Waals surface area contributed by atoms with Crippen molar-refractivity contribution in [3.05, 3.63) is 53.9 Å². The van der Waals surface area contributed by atoms with E-state index in [9.17, 15) is 0 Å². The fourth-order valence-electron chi connectivity index (χ4n) is 2.79. The van der Waals surface area contributed by atoms with Gasteiger partial charge in [0.1, 0.15) is 11.4 Å². The zero-order valence-corrected chi connectivity index (χ0v) is 15.7. The van der Waals surface area contributed by atoms with Crippen LogP contribution in [0.25, 0.3) is 11.4 Å². The summed E-state index contributed by atoms with van der Waals surface area (Å²) in [6.07, 6.45) is 5.20. The summed E-state index contributed by atoms with van der Waals surface area (Å²) in [5, 5.41) is 8.78. The van der Waals surface area contributed by atoms with Gasteiger partial charge in [0.05, 0.1) is 17.4 Å². The van der Waals surface area contributed by atoms with Crippen molar-refractivity contribution in [1.29, 1.82) is 0 Å². The summed E-state index contributed by atoms with van der Waals surface area (Å²) in [5.41, 5.74) is 4.59. The first-order valence-electron chi connectivity index (χ1n) is 8.90. The molecule has 0 N–H and O–H groups in total. The van der Waals surface area contributed by atoms with Gasteiger partial charge in [-0.05, 0) is 48.1 Å². The van der Waals surface area contributed by atoms with Gasteiger partial charge in [-0.15, -0.1) is 10.2 Å². The van der Waals surface area contributed by atoms with E-state index in [0.29, 0.717) is 5.92 Å². The van der Waals surface area contributed by atoms with Crippen molar-refractivity contribution in [2.24, 2.45) is 10.4 Å². The average Bonchev–Trinajstić information content (AvgIpc) is 2.61. The van der Waals surface area contributed by atoms with E-state index in [1.807, 2.05) is 36.4 Å². The van der Waals surface area contributed by atoms with Crippen LogP contribution in [0.4, 0.5) is 0 Å². The maximum atomic E-state index is 4.87. The average molecular weight is 334 g/mol. The maximum Gasteiger partial charge on any atom is 0.111 e. The molecule has 0 bridgehead atoms. The highest BCUT2D eigenvalue weighted by Crippen LogP contribution is 2.28. The minimum atomic E-state index is 0.143. The Labute approximate surface area is 150 Å². The number of hydrogen-bond donors (Lipinski definition) is 0. The fraction of sp³-hybridized carbons (Fsp3) is 0.429. The Kier molecular flexibility index (Phi) is 4.80. The molecule has 3 heterocycles.